The maximum atomic E-state index is 6.61. The minimum absolute atomic E-state index is 0.555. The number of hydrogen-bond acceptors (Lipinski definition) is 4. The average molecular weight is 401 g/mol. The summed E-state index contributed by atoms with van der Waals surface area (Å²) in [6, 6.07) is 0.979. The molecule has 0 spiro atoms. The van der Waals surface area contributed by atoms with Crippen molar-refractivity contribution in [2.24, 2.45) is 0 Å². The van der Waals surface area contributed by atoms with Gasteiger partial charge in [-0.15, -0.1) is 0 Å². The van der Waals surface area contributed by atoms with E-state index in [0.717, 1.165) is 19.1 Å². The summed E-state index contributed by atoms with van der Waals surface area (Å²) in [6.45, 7) is 22.8. The molecule has 4 nitrogen and oxygen atoms in total. The summed E-state index contributed by atoms with van der Waals surface area (Å²) in [6.07, 6.45) is 1.01. The second-order valence-corrected chi connectivity index (χ2v) is 25.4. The second kappa shape index (κ2) is 9.01. The zero-order valence-electron chi connectivity index (χ0n) is 16.3. The molecule has 2 unspecified atom stereocenters. The van der Waals surface area contributed by atoms with Crippen molar-refractivity contribution in [2.75, 3.05) is 13.3 Å². The average Bonchev–Trinajstić information content (AvgIpc) is 2.16. The zero-order valence-corrected chi connectivity index (χ0v) is 21.3. The molecule has 0 saturated heterocycles. The number of rotatable bonds is 11. The van der Waals surface area contributed by atoms with Crippen molar-refractivity contribution in [3.8, 4) is 0 Å². The fourth-order valence-electron chi connectivity index (χ4n) is 2.62. The third-order valence-corrected chi connectivity index (χ3v) is 16.6. The lowest BCUT2D eigenvalue weighted by molar-refractivity contribution is 0.311. The highest BCUT2D eigenvalue weighted by Crippen LogP contribution is 2.27. The zero-order chi connectivity index (χ0) is 17.7. The van der Waals surface area contributed by atoms with E-state index < -0.39 is 33.8 Å². The van der Waals surface area contributed by atoms with Crippen molar-refractivity contribution in [1.29, 1.82) is 0 Å². The van der Waals surface area contributed by atoms with Crippen molar-refractivity contribution < 1.29 is 16.9 Å². The van der Waals surface area contributed by atoms with Gasteiger partial charge in [0.1, 0.15) is 0 Å². The Bertz CT molecular complexity index is 331. The lowest BCUT2D eigenvalue weighted by Crippen LogP contribution is -2.56. The van der Waals surface area contributed by atoms with Crippen molar-refractivity contribution in [2.45, 2.75) is 71.4 Å². The van der Waals surface area contributed by atoms with Crippen LogP contribution in [-0.2, 0) is 16.9 Å². The van der Waals surface area contributed by atoms with Gasteiger partial charge in [-0.3, -0.25) is 0 Å². The molecule has 9 heteroatoms. The van der Waals surface area contributed by atoms with E-state index in [1.54, 1.807) is 0 Å². The Labute approximate surface area is 144 Å². The van der Waals surface area contributed by atoms with Gasteiger partial charge < -0.3 is 16.9 Å². The Hall–Kier alpha value is 1.14. The first-order valence-electron chi connectivity index (χ1n) is 8.07. The Morgan fingerprint density at radius 1 is 0.727 bits per heavy atom. The number of hydrogen-bond donors (Lipinski definition) is 0. The van der Waals surface area contributed by atoms with Gasteiger partial charge in [0.05, 0.1) is 6.61 Å². The van der Waals surface area contributed by atoms with Crippen molar-refractivity contribution in [1.82, 2.24) is 0 Å². The van der Waals surface area contributed by atoms with Gasteiger partial charge in [0.15, 0.2) is 16.6 Å². The summed E-state index contributed by atoms with van der Waals surface area (Å²) in [5.74, 6) is 0. The largest absolute Gasteiger partial charge is 0.437 e. The summed E-state index contributed by atoms with van der Waals surface area (Å²) in [7, 11) is -7.08. The minimum atomic E-state index is -2.23. The van der Waals surface area contributed by atoms with E-state index in [2.05, 4.69) is 65.6 Å². The normalized spacial score (nSPS) is 17.2. The molecular formula is C13H37O4PSi4. The smallest absolute Gasteiger partial charge is 0.315 e. The minimum Gasteiger partial charge on any atom is -0.437 e. The molecule has 0 bridgehead atoms. The SMILES string of the molecule is CPOCCC[Si](C)(O[Si](C)(C)C)O[Si](C)(C)O[Si](C)(C)C. The monoisotopic (exact) mass is 400 g/mol. The summed E-state index contributed by atoms with van der Waals surface area (Å²) in [5.41, 5.74) is 0. The Kier molecular flexibility index (Phi) is 9.47. The van der Waals surface area contributed by atoms with E-state index in [-0.39, 0.29) is 0 Å². The molecule has 0 amide bonds. The van der Waals surface area contributed by atoms with E-state index in [1.807, 2.05) is 0 Å². The molecule has 0 rings (SSSR count). The van der Waals surface area contributed by atoms with Crippen LogP contribution in [0.3, 0.4) is 0 Å². The van der Waals surface area contributed by atoms with E-state index >= 15 is 0 Å². The van der Waals surface area contributed by atoms with Gasteiger partial charge in [0.2, 0.25) is 0 Å². The summed E-state index contributed by atoms with van der Waals surface area (Å²) in [4.78, 5) is 0. The summed E-state index contributed by atoms with van der Waals surface area (Å²) in [5, 5.41) is 0. The molecule has 0 aromatic heterocycles. The van der Waals surface area contributed by atoms with Crippen LogP contribution in [0.1, 0.15) is 6.42 Å². The molecular weight excluding hydrogens is 363 g/mol. The molecule has 0 heterocycles. The molecule has 0 fully saturated rings. The standard InChI is InChI=1S/C13H37O4PSi4/c1-18-14-12-11-13-22(10,16-20(5,6)7)17-21(8,9)15-19(2,3)4/h18H,11-13H2,1-10H3. The van der Waals surface area contributed by atoms with Crippen molar-refractivity contribution in [3.63, 3.8) is 0 Å². The van der Waals surface area contributed by atoms with E-state index in [1.165, 1.54) is 0 Å². The third-order valence-electron chi connectivity index (χ3n) is 2.56. The fourth-order valence-corrected chi connectivity index (χ4v) is 20.9. The van der Waals surface area contributed by atoms with Crippen LogP contribution < -0.4 is 0 Å². The molecule has 0 N–H and O–H groups in total. The van der Waals surface area contributed by atoms with Crippen LogP contribution >= 0.6 is 8.81 Å². The van der Waals surface area contributed by atoms with Crippen LogP contribution in [0, 0.1) is 0 Å². The van der Waals surface area contributed by atoms with Gasteiger partial charge in [0, 0.05) is 8.81 Å². The van der Waals surface area contributed by atoms with Gasteiger partial charge >= 0.3 is 17.1 Å². The van der Waals surface area contributed by atoms with E-state index in [0.29, 0.717) is 8.81 Å². The lowest BCUT2D eigenvalue weighted by atomic mass is 10.5. The summed E-state index contributed by atoms with van der Waals surface area (Å²) < 4.78 is 25.0. The Morgan fingerprint density at radius 2 is 1.23 bits per heavy atom. The van der Waals surface area contributed by atoms with Gasteiger partial charge in [-0.2, -0.15) is 0 Å². The van der Waals surface area contributed by atoms with Crippen LogP contribution in [0.25, 0.3) is 0 Å². The van der Waals surface area contributed by atoms with E-state index in [9.17, 15) is 0 Å². The van der Waals surface area contributed by atoms with Crippen molar-refractivity contribution in [3.05, 3.63) is 0 Å². The predicted molar refractivity (Wildman–Crippen MR) is 109 cm³/mol. The first-order valence-corrected chi connectivity index (χ1v) is 21.6. The highest BCUT2D eigenvalue weighted by atomic mass is 31.1. The lowest BCUT2D eigenvalue weighted by Gasteiger charge is -2.41. The molecule has 0 aromatic carbocycles. The third kappa shape index (κ3) is 12.5. The van der Waals surface area contributed by atoms with Gasteiger partial charge in [-0.25, -0.2) is 0 Å². The van der Waals surface area contributed by atoms with Crippen LogP contribution in [-0.4, -0.2) is 47.0 Å². The topological polar surface area (TPSA) is 36.9 Å². The van der Waals surface area contributed by atoms with Crippen LogP contribution in [0.15, 0.2) is 0 Å². The molecule has 0 aliphatic rings. The molecule has 0 aliphatic heterocycles. The molecule has 22 heavy (non-hydrogen) atoms. The van der Waals surface area contributed by atoms with E-state index in [4.69, 9.17) is 16.9 Å². The quantitative estimate of drug-likeness (QED) is 0.274. The molecule has 0 aliphatic carbocycles. The maximum absolute atomic E-state index is 6.61. The Balaban J connectivity index is 4.90. The Morgan fingerprint density at radius 3 is 1.64 bits per heavy atom. The van der Waals surface area contributed by atoms with Gasteiger partial charge in [-0.1, -0.05) is 0 Å². The molecule has 2 atom stereocenters. The van der Waals surface area contributed by atoms with Crippen LogP contribution in [0.4, 0.5) is 0 Å². The van der Waals surface area contributed by atoms with Crippen LogP contribution in [0.2, 0.25) is 65.0 Å². The van der Waals surface area contributed by atoms with Gasteiger partial charge in [-0.05, 0) is 78.1 Å². The highest BCUT2D eigenvalue weighted by molar-refractivity contribution is 7.31. The van der Waals surface area contributed by atoms with Gasteiger partial charge in [0.25, 0.3) is 0 Å². The second-order valence-electron chi connectivity index (χ2n) is 8.22. The molecule has 0 saturated carbocycles. The first-order chi connectivity index (χ1) is 9.68. The first kappa shape index (κ1) is 23.1. The molecule has 134 valence electrons. The molecule has 0 aromatic rings. The predicted octanol–water partition coefficient (Wildman–Crippen LogP) is 5.11. The van der Waals surface area contributed by atoms with Crippen LogP contribution in [0.5, 0.6) is 0 Å². The fraction of sp³-hybridized carbons (Fsp3) is 1.00. The highest BCUT2D eigenvalue weighted by Gasteiger charge is 2.44. The molecule has 0 radical (unpaired) electrons. The maximum Gasteiger partial charge on any atom is 0.315 e. The summed E-state index contributed by atoms with van der Waals surface area (Å²) >= 11 is 0. The van der Waals surface area contributed by atoms with Crippen molar-refractivity contribution >= 4 is 42.6 Å².